The molecule has 0 saturated heterocycles. The van der Waals surface area contributed by atoms with Crippen molar-refractivity contribution in [1.29, 1.82) is 0 Å². The molecule has 0 aliphatic heterocycles. The zero-order valence-electron chi connectivity index (χ0n) is 14.1. The highest BCUT2D eigenvalue weighted by molar-refractivity contribution is 5.66. The van der Waals surface area contributed by atoms with Crippen molar-refractivity contribution in [3.05, 3.63) is 65.9 Å². The van der Waals surface area contributed by atoms with E-state index in [0.29, 0.717) is 13.1 Å². The minimum Gasteiger partial charge on any atom is -0.330 e. The molecule has 4 heteroatoms. The second-order valence-corrected chi connectivity index (χ2v) is 6.00. The fraction of sp³-hybridized carbons (Fsp3) is 0.250. The highest BCUT2D eigenvalue weighted by Crippen LogP contribution is 2.26. The third kappa shape index (κ3) is 3.40. The van der Waals surface area contributed by atoms with Crippen LogP contribution in [0.2, 0.25) is 0 Å². The molecule has 0 fully saturated rings. The molecule has 3 aromatic rings. The highest BCUT2D eigenvalue weighted by Gasteiger charge is 2.11. The molecule has 0 radical (unpaired) electrons. The summed E-state index contributed by atoms with van der Waals surface area (Å²) in [5, 5.41) is 0. The number of benzene rings is 2. The summed E-state index contributed by atoms with van der Waals surface area (Å²) < 4.78 is 2.14. The van der Waals surface area contributed by atoms with E-state index in [-0.39, 0.29) is 0 Å². The maximum absolute atomic E-state index is 5.67. The molecule has 0 aliphatic rings. The van der Waals surface area contributed by atoms with Crippen LogP contribution in [0.4, 0.5) is 0 Å². The first-order valence-corrected chi connectivity index (χ1v) is 8.33. The number of nitrogens with zero attached hydrogens (tertiary/aromatic N) is 2. The van der Waals surface area contributed by atoms with Crippen LogP contribution in [0, 0.1) is 0 Å². The van der Waals surface area contributed by atoms with E-state index in [2.05, 4.69) is 65.1 Å². The molecule has 0 bridgehead atoms. The van der Waals surface area contributed by atoms with Crippen molar-refractivity contribution in [3.8, 4) is 22.6 Å². The van der Waals surface area contributed by atoms with Crippen LogP contribution in [-0.4, -0.2) is 22.6 Å². The number of hydrogen-bond donors (Lipinski definition) is 2. The van der Waals surface area contributed by atoms with Gasteiger partial charge in [-0.1, -0.05) is 36.4 Å². The lowest BCUT2D eigenvalue weighted by Gasteiger charge is -2.09. The average Bonchev–Trinajstić information content (AvgIpc) is 2.98. The monoisotopic (exact) mass is 320 g/mol. The van der Waals surface area contributed by atoms with Crippen molar-refractivity contribution in [2.75, 3.05) is 13.1 Å². The lowest BCUT2D eigenvalue weighted by atomic mass is 10.1. The quantitative estimate of drug-likeness (QED) is 0.734. The van der Waals surface area contributed by atoms with Gasteiger partial charge in [-0.15, -0.1) is 0 Å². The summed E-state index contributed by atoms with van der Waals surface area (Å²) in [6.07, 6.45) is 3.71. The molecule has 4 nitrogen and oxygen atoms in total. The number of rotatable bonds is 6. The number of nitrogens with two attached hydrogens (primary N) is 2. The molecule has 0 atom stereocenters. The van der Waals surface area contributed by atoms with Crippen LogP contribution >= 0.6 is 0 Å². The van der Waals surface area contributed by atoms with Gasteiger partial charge in [0.25, 0.3) is 0 Å². The molecule has 0 unspecified atom stereocenters. The van der Waals surface area contributed by atoms with Gasteiger partial charge < -0.3 is 16.0 Å². The SMILES string of the molecule is Cn1c(-c2cccc(CCN)c2)cnc1-c1cccc(CCN)c1. The Balaban J connectivity index is 1.97. The third-order valence-electron chi connectivity index (χ3n) is 4.26. The Morgan fingerprint density at radius 2 is 1.46 bits per heavy atom. The van der Waals surface area contributed by atoms with E-state index in [0.717, 1.165) is 29.9 Å². The van der Waals surface area contributed by atoms with Crippen molar-refractivity contribution in [2.24, 2.45) is 18.5 Å². The van der Waals surface area contributed by atoms with E-state index < -0.39 is 0 Å². The summed E-state index contributed by atoms with van der Waals surface area (Å²) in [5.74, 6) is 0.966. The van der Waals surface area contributed by atoms with Crippen molar-refractivity contribution in [3.63, 3.8) is 0 Å². The van der Waals surface area contributed by atoms with Gasteiger partial charge in [0.1, 0.15) is 5.82 Å². The molecule has 0 spiro atoms. The molecule has 1 heterocycles. The van der Waals surface area contributed by atoms with Crippen LogP contribution in [0.5, 0.6) is 0 Å². The topological polar surface area (TPSA) is 69.9 Å². The lowest BCUT2D eigenvalue weighted by molar-refractivity contribution is 0.927. The molecule has 0 saturated carbocycles. The van der Waals surface area contributed by atoms with Crippen molar-refractivity contribution in [2.45, 2.75) is 12.8 Å². The van der Waals surface area contributed by atoms with E-state index in [4.69, 9.17) is 11.5 Å². The van der Waals surface area contributed by atoms with Crippen LogP contribution < -0.4 is 11.5 Å². The minimum atomic E-state index is 0.656. The molecule has 1 aromatic heterocycles. The Kier molecular flexibility index (Phi) is 5.08. The summed E-state index contributed by atoms with van der Waals surface area (Å²) in [6.45, 7) is 1.32. The van der Waals surface area contributed by atoms with E-state index >= 15 is 0 Å². The Labute approximate surface area is 143 Å². The maximum Gasteiger partial charge on any atom is 0.140 e. The van der Waals surface area contributed by atoms with Gasteiger partial charge in [0, 0.05) is 18.2 Å². The first kappa shape index (κ1) is 16.4. The van der Waals surface area contributed by atoms with E-state index in [1.54, 1.807) is 0 Å². The van der Waals surface area contributed by atoms with Crippen molar-refractivity contribution >= 4 is 0 Å². The van der Waals surface area contributed by atoms with Gasteiger partial charge in [0.15, 0.2) is 0 Å². The standard InChI is InChI=1S/C20H24N4/c1-24-19(17-6-2-4-15(12-17)8-10-21)14-23-20(24)18-7-3-5-16(13-18)9-11-22/h2-7,12-14H,8-11,21-22H2,1H3. The molecule has 2 aromatic carbocycles. The van der Waals surface area contributed by atoms with Gasteiger partial charge in [-0.25, -0.2) is 4.98 Å². The highest BCUT2D eigenvalue weighted by atomic mass is 15.1. The van der Waals surface area contributed by atoms with Crippen LogP contribution in [0.1, 0.15) is 11.1 Å². The average molecular weight is 320 g/mol. The summed E-state index contributed by atoms with van der Waals surface area (Å²) in [6, 6.07) is 16.9. The summed E-state index contributed by atoms with van der Waals surface area (Å²) in [7, 11) is 2.06. The van der Waals surface area contributed by atoms with Gasteiger partial charge in [0.05, 0.1) is 11.9 Å². The van der Waals surface area contributed by atoms with Crippen LogP contribution in [0.3, 0.4) is 0 Å². The molecule has 0 aliphatic carbocycles. The third-order valence-corrected chi connectivity index (χ3v) is 4.26. The van der Waals surface area contributed by atoms with Crippen LogP contribution in [0.15, 0.2) is 54.7 Å². The smallest absolute Gasteiger partial charge is 0.140 e. The Hall–Kier alpha value is -2.43. The van der Waals surface area contributed by atoms with Crippen molar-refractivity contribution < 1.29 is 0 Å². The van der Waals surface area contributed by atoms with Gasteiger partial charge in [0.2, 0.25) is 0 Å². The van der Waals surface area contributed by atoms with E-state index in [1.165, 1.54) is 16.7 Å². The second kappa shape index (κ2) is 7.43. The number of hydrogen-bond acceptors (Lipinski definition) is 3. The molecule has 4 N–H and O–H groups in total. The van der Waals surface area contributed by atoms with E-state index in [1.807, 2.05) is 6.20 Å². The Morgan fingerprint density at radius 3 is 2.08 bits per heavy atom. The number of imidazole rings is 1. The fourth-order valence-corrected chi connectivity index (χ4v) is 3.03. The number of aromatic nitrogens is 2. The molecule has 24 heavy (non-hydrogen) atoms. The first-order valence-electron chi connectivity index (χ1n) is 8.33. The summed E-state index contributed by atoms with van der Waals surface area (Å²) in [4.78, 5) is 4.65. The predicted octanol–water partition coefficient (Wildman–Crippen LogP) is 2.76. The van der Waals surface area contributed by atoms with E-state index in [9.17, 15) is 0 Å². The normalized spacial score (nSPS) is 11.0. The van der Waals surface area contributed by atoms with Crippen molar-refractivity contribution in [1.82, 2.24) is 9.55 Å². The molecule has 3 rings (SSSR count). The zero-order chi connectivity index (χ0) is 16.9. The molecule has 0 amide bonds. The lowest BCUT2D eigenvalue weighted by Crippen LogP contribution is -2.03. The molecular weight excluding hydrogens is 296 g/mol. The Bertz CT molecular complexity index is 753. The summed E-state index contributed by atoms with van der Waals surface area (Å²) in [5.41, 5.74) is 17.2. The largest absolute Gasteiger partial charge is 0.330 e. The molecule has 124 valence electrons. The van der Waals surface area contributed by atoms with Gasteiger partial charge >= 0.3 is 0 Å². The molecular formula is C20H24N4. The van der Waals surface area contributed by atoms with Gasteiger partial charge in [-0.2, -0.15) is 0 Å². The van der Waals surface area contributed by atoms with Crippen LogP contribution in [0.25, 0.3) is 22.6 Å². The predicted molar refractivity (Wildman–Crippen MR) is 99.6 cm³/mol. The van der Waals surface area contributed by atoms with Crippen LogP contribution in [-0.2, 0) is 19.9 Å². The Morgan fingerprint density at radius 1 is 0.875 bits per heavy atom. The fourth-order valence-electron chi connectivity index (χ4n) is 3.03. The second-order valence-electron chi connectivity index (χ2n) is 6.00. The zero-order valence-corrected chi connectivity index (χ0v) is 14.1. The van der Waals surface area contributed by atoms with Gasteiger partial charge in [-0.05, 0) is 49.2 Å². The summed E-state index contributed by atoms with van der Waals surface area (Å²) >= 11 is 0. The maximum atomic E-state index is 5.67. The first-order chi connectivity index (χ1) is 11.7. The minimum absolute atomic E-state index is 0.656. The van der Waals surface area contributed by atoms with Gasteiger partial charge in [-0.3, -0.25) is 0 Å².